The molecule has 0 radical (unpaired) electrons. The number of hydrogen-bond donors (Lipinski definition) is 2. The third kappa shape index (κ3) is 36.1. The molecule has 8 nitrogen and oxygen atoms in total. The van der Waals surface area contributed by atoms with Gasteiger partial charge in [-0.25, -0.2) is 18.3 Å². The van der Waals surface area contributed by atoms with Crippen LogP contribution in [-0.2, 0) is 74.5 Å². The van der Waals surface area contributed by atoms with E-state index in [-0.39, 0.29) is 21.7 Å². The first-order chi connectivity index (χ1) is 46.6. The maximum absolute atomic E-state index is 12.9. The van der Waals surface area contributed by atoms with Gasteiger partial charge >= 0.3 is 132 Å². The number of rotatable bonds is 10. The number of aromatic hydroxyl groups is 2. The van der Waals surface area contributed by atoms with Crippen molar-refractivity contribution in [3.8, 4) is 45.3 Å². The van der Waals surface area contributed by atoms with Crippen molar-refractivity contribution >= 4 is 31.2 Å². The zero-order valence-corrected chi connectivity index (χ0v) is 63.5. The van der Waals surface area contributed by atoms with Gasteiger partial charge in [0.25, 0.3) is 0 Å². The minimum atomic E-state index is -10.7. The molecule has 0 fully saturated rings. The van der Waals surface area contributed by atoms with Crippen molar-refractivity contribution in [3.05, 3.63) is 213 Å². The fraction of sp³-hybridized carbons (Fsp3) is 0.371. The van der Waals surface area contributed by atoms with Crippen LogP contribution in [0.3, 0.4) is 0 Å². The van der Waals surface area contributed by atoms with E-state index in [2.05, 4.69) is 239 Å². The number of fused-ring (bicyclic) bond motifs is 8. The van der Waals surface area contributed by atoms with Crippen LogP contribution >= 0.6 is 31.2 Å². The number of nitrogens with zero attached hydrogens (tertiary/aromatic N) is 4. The third-order valence-electron chi connectivity index (χ3n) is 15.6. The molecule has 596 valence electrons. The summed E-state index contributed by atoms with van der Waals surface area (Å²) in [6.07, 6.45) is 18.5. The molecular formula is C70H84F24N4O4P4. The van der Waals surface area contributed by atoms with Crippen molar-refractivity contribution in [2.45, 2.75) is 144 Å². The first kappa shape index (κ1) is 89.3. The summed E-state index contributed by atoms with van der Waals surface area (Å²) in [5.74, 6) is 2.18. The number of halogens is 24. The molecule has 0 saturated heterocycles. The molecule has 0 spiro atoms. The molecule has 0 unspecified atom stereocenters. The number of hydrogen-bond acceptors (Lipinski definition) is 4. The molecule has 4 aromatic carbocycles. The van der Waals surface area contributed by atoms with Gasteiger partial charge < -0.3 is 19.7 Å². The van der Waals surface area contributed by atoms with Crippen LogP contribution < -0.4 is 27.7 Å². The Morgan fingerprint density at radius 1 is 0.292 bits per heavy atom. The Hall–Kier alpha value is -7.28. The Bertz CT molecular complexity index is 4000. The van der Waals surface area contributed by atoms with Crippen LogP contribution in [0.5, 0.6) is 23.0 Å². The summed E-state index contributed by atoms with van der Waals surface area (Å²) in [4.78, 5) is 0. The summed E-state index contributed by atoms with van der Waals surface area (Å²) < 4.78 is 259. The molecule has 36 heteroatoms. The summed E-state index contributed by atoms with van der Waals surface area (Å²) in [6.45, 7) is 29.1. The van der Waals surface area contributed by atoms with E-state index in [9.17, 15) is 111 Å². The van der Waals surface area contributed by atoms with Crippen LogP contribution in [0.4, 0.5) is 101 Å². The molecule has 4 aromatic heterocycles. The van der Waals surface area contributed by atoms with E-state index in [4.69, 9.17) is 9.47 Å². The Labute approximate surface area is 597 Å². The van der Waals surface area contributed by atoms with E-state index in [0.29, 0.717) is 63.5 Å². The van der Waals surface area contributed by atoms with E-state index in [1.165, 1.54) is 22.3 Å². The Kier molecular flexibility index (Phi) is 23.1. The molecule has 1 aliphatic carbocycles. The maximum atomic E-state index is 12.9. The minimum absolute atomic E-state index is 0.204. The summed E-state index contributed by atoms with van der Waals surface area (Å²) in [5.41, 5.74) is 15.9. The van der Waals surface area contributed by atoms with Crippen molar-refractivity contribution < 1.29 is 139 Å². The topological polar surface area (TPSA) is 74.4 Å². The third-order valence-corrected chi connectivity index (χ3v) is 15.6. The Morgan fingerprint density at radius 3 is 0.623 bits per heavy atom. The predicted octanol–water partition coefficient (Wildman–Crippen LogP) is 26.2. The van der Waals surface area contributed by atoms with Gasteiger partial charge in [-0.1, -0.05) is 132 Å². The molecule has 0 atom stereocenters. The number of phenols is 2. The number of benzene rings is 4. The number of ether oxygens (including phenoxy) is 2. The molecule has 8 aromatic rings. The van der Waals surface area contributed by atoms with E-state index < -0.39 is 31.2 Å². The first-order valence-electron chi connectivity index (χ1n) is 32.0. The van der Waals surface area contributed by atoms with E-state index in [1.54, 1.807) is 0 Å². The summed E-state index contributed by atoms with van der Waals surface area (Å²) in [6, 6.07) is 35.2. The van der Waals surface area contributed by atoms with Gasteiger partial charge in [0.15, 0.2) is 62.7 Å². The van der Waals surface area contributed by atoms with Crippen molar-refractivity contribution in [2.24, 2.45) is 14.1 Å². The molecule has 0 amide bonds. The second-order valence-corrected chi connectivity index (χ2v) is 37.6. The van der Waals surface area contributed by atoms with Gasteiger partial charge in [0.05, 0.1) is 0 Å². The van der Waals surface area contributed by atoms with E-state index in [0.717, 1.165) is 78.3 Å². The predicted molar refractivity (Wildman–Crippen MR) is 367 cm³/mol. The first-order valence-corrected chi connectivity index (χ1v) is 40.1. The van der Waals surface area contributed by atoms with Crippen LogP contribution in [0.1, 0.15) is 150 Å². The van der Waals surface area contributed by atoms with Crippen LogP contribution in [0.2, 0.25) is 0 Å². The van der Waals surface area contributed by atoms with Gasteiger partial charge in [0, 0.05) is 74.2 Å². The standard InChI is InChI=1S/C70H82N4O4.4F6P/c1-67(2,3)59-39-51-35-55-43-61(69(7,8)9)45-57(65(55)77-33-31-73-27-19-49(20-28-73)47-15-23-71(13)24-16-47)37-53-41-60(68(4,5)6)42-54(64(53)76)38-58-46-62(70(10,11)12)44-56(36-52(40-59)63(51)75)66(58)78-34-32-74-29-21-50(22-30-74)48-17-25-72(14)26-18-48;4*1-7(2,3,4,5)6/h15-30,39-46H,31-38H2,1-14H3;;;;/q+2;4*-1/p+2. The fourth-order valence-electron chi connectivity index (χ4n) is 10.5. The molecular weight excluding hydrogens is 1540 g/mol. The van der Waals surface area contributed by atoms with Crippen molar-refractivity contribution in [1.82, 2.24) is 0 Å². The molecule has 9 rings (SSSR count). The van der Waals surface area contributed by atoms with Crippen molar-refractivity contribution in [2.75, 3.05) is 13.2 Å². The fourth-order valence-corrected chi connectivity index (χ4v) is 10.5. The summed E-state index contributed by atoms with van der Waals surface area (Å²) in [5, 5.41) is 25.7. The summed E-state index contributed by atoms with van der Waals surface area (Å²) in [7, 11) is -38.6. The number of pyridine rings is 4. The van der Waals surface area contributed by atoms with Gasteiger partial charge in [0.1, 0.15) is 50.3 Å². The number of phenolic OH excluding ortho intramolecular Hbond substituents is 2. The average Bonchev–Trinajstić information content (AvgIpc) is 0.713. The van der Waals surface area contributed by atoms with E-state index in [1.807, 2.05) is 23.2 Å². The van der Waals surface area contributed by atoms with Crippen LogP contribution in [0.25, 0.3) is 22.3 Å². The monoisotopic (exact) mass is 1620 g/mol. The summed E-state index contributed by atoms with van der Waals surface area (Å²) >= 11 is 0. The Morgan fingerprint density at radius 2 is 0.453 bits per heavy atom. The van der Waals surface area contributed by atoms with Crippen molar-refractivity contribution in [1.29, 1.82) is 0 Å². The molecule has 0 saturated carbocycles. The number of aryl methyl sites for hydroxylation is 2. The normalized spacial score (nSPS) is 15.8. The quantitative estimate of drug-likeness (QED) is 0.0813. The molecule has 8 bridgehead atoms. The van der Waals surface area contributed by atoms with Crippen LogP contribution in [0.15, 0.2) is 147 Å². The Balaban J connectivity index is 0.000000608. The van der Waals surface area contributed by atoms with Gasteiger partial charge in [0.2, 0.25) is 0 Å². The average molecular weight is 1630 g/mol. The second kappa shape index (κ2) is 27.4. The zero-order valence-electron chi connectivity index (χ0n) is 59.9. The molecule has 4 heterocycles. The van der Waals surface area contributed by atoms with Crippen LogP contribution in [0, 0.1) is 0 Å². The van der Waals surface area contributed by atoms with Gasteiger partial charge in [-0.3, -0.25) is 0 Å². The molecule has 106 heavy (non-hydrogen) atoms. The van der Waals surface area contributed by atoms with Gasteiger partial charge in [-0.05, 0) is 111 Å². The van der Waals surface area contributed by atoms with Gasteiger partial charge in [-0.2, -0.15) is 0 Å². The molecule has 0 aliphatic heterocycles. The number of aromatic nitrogens is 4. The van der Waals surface area contributed by atoms with Gasteiger partial charge in [-0.15, -0.1) is 0 Å². The SMILES string of the molecule is C[n+]1ccc(-c2cc[n+](CCOc3c4cc(C(C)(C)C)cc3Cc3cc(C(C)(C)C)cc(c3O)Cc3cc(C(C)(C)C)cc(c3OCC[n+]3ccc(-c5cc[n+](C)cc5)cc3)Cc3cc(C(C)(C)C)cc(c3O)C4)cc2)cc1.F[P-](F)(F)(F)(F)F.F[P-](F)(F)(F)(F)F.F[P-](F)(F)(F)(F)F.F[P-](F)(F)(F)(F)F. The van der Waals surface area contributed by atoms with E-state index >= 15 is 0 Å². The van der Waals surface area contributed by atoms with Crippen LogP contribution in [-0.4, -0.2) is 23.4 Å². The molecule has 2 N–H and O–H groups in total. The second-order valence-electron chi connectivity index (χ2n) is 29.9. The van der Waals surface area contributed by atoms with Crippen molar-refractivity contribution in [3.63, 3.8) is 0 Å². The zero-order chi connectivity index (χ0) is 81.5. The molecule has 1 aliphatic rings.